The predicted octanol–water partition coefficient (Wildman–Crippen LogP) is 2.78. The van der Waals surface area contributed by atoms with Crippen LogP contribution in [0.1, 0.15) is 41.8 Å². The normalized spacial score (nSPS) is 21.3. The third kappa shape index (κ3) is 3.62. The Balaban J connectivity index is 1.78. The molecule has 0 saturated heterocycles. The van der Waals surface area contributed by atoms with E-state index in [1.807, 2.05) is 43.3 Å². The number of amides is 1. The highest BCUT2D eigenvalue weighted by molar-refractivity contribution is 5.99. The third-order valence-corrected chi connectivity index (χ3v) is 4.77. The standard InChI is InChI=1S/C19H26N2O3/c1-21(2)12-15-14-8-4-6-10-17(14)24-18(15)19(23)20-11-13-7-3-5-9-16(13)22/h4,6,8,10,13,16,22H,3,5,7,9,11-12H2,1-2H3,(H,20,23)/t13-,16+/m0/s1. The van der Waals surface area contributed by atoms with Gasteiger partial charge in [0.1, 0.15) is 5.58 Å². The fraction of sp³-hybridized carbons (Fsp3) is 0.526. The molecule has 130 valence electrons. The first-order valence-corrected chi connectivity index (χ1v) is 8.67. The van der Waals surface area contributed by atoms with E-state index in [2.05, 4.69) is 5.32 Å². The maximum atomic E-state index is 12.7. The number of furan rings is 1. The zero-order valence-electron chi connectivity index (χ0n) is 14.4. The average Bonchev–Trinajstić information content (AvgIpc) is 2.92. The topological polar surface area (TPSA) is 65.7 Å². The summed E-state index contributed by atoms with van der Waals surface area (Å²) in [7, 11) is 3.95. The Hall–Kier alpha value is -1.85. The monoisotopic (exact) mass is 330 g/mol. The summed E-state index contributed by atoms with van der Waals surface area (Å²) in [5.74, 6) is 0.334. The van der Waals surface area contributed by atoms with Crippen LogP contribution < -0.4 is 5.32 Å². The molecule has 0 unspecified atom stereocenters. The molecule has 1 aliphatic carbocycles. The smallest absolute Gasteiger partial charge is 0.287 e. The summed E-state index contributed by atoms with van der Waals surface area (Å²) in [4.78, 5) is 14.7. The Morgan fingerprint density at radius 2 is 2.04 bits per heavy atom. The van der Waals surface area contributed by atoms with Crippen molar-refractivity contribution in [1.29, 1.82) is 0 Å². The number of fused-ring (bicyclic) bond motifs is 1. The number of benzene rings is 1. The van der Waals surface area contributed by atoms with Crippen molar-refractivity contribution in [2.75, 3.05) is 20.6 Å². The minimum atomic E-state index is -0.309. The van der Waals surface area contributed by atoms with E-state index < -0.39 is 0 Å². The van der Waals surface area contributed by atoms with Crippen LogP contribution in [0.15, 0.2) is 28.7 Å². The molecule has 1 aromatic carbocycles. The zero-order valence-corrected chi connectivity index (χ0v) is 14.4. The molecule has 2 N–H and O–H groups in total. The molecule has 0 radical (unpaired) electrons. The van der Waals surface area contributed by atoms with Crippen LogP contribution in [0.5, 0.6) is 0 Å². The lowest BCUT2D eigenvalue weighted by atomic mass is 9.86. The van der Waals surface area contributed by atoms with Gasteiger partial charge in [0.2, 0.25) is 0 Å². The molecule has 1 amide bonds. The molecule has 3 rings (SSSR count). The lowest BCUT2D eigenvalue weighted by molar-refractivity contribution is 0.0656. The summed E-state index contributed by atoms with van der Waals surface area (Å²) in [6.45, 7) is 1.14. The van der Waals surface area contributed by atoms with Crippen LogP contribution in [0.3, 0.4) is 0 Å². The highest BCUT2D eigenvalue weighted by atomic mass is 16.3. The summed E-state index contributed by atoms with van der Waals surface area (Å²) in [6, 6.07) is 7.73. The highest BCUT2D eigenvalue weighted by Gasteiger charge is 2.25. The fourth-order valence-corrected chi connectivity index (χ4v) is 3.49. The van der Waals surface area contributed by atoms with E-state index in [4.69, 9.17) is 4.42 Å². The maximum absolute atomic E-state index is 12.7. The lowest BCUT2D eigenvalue weighted by Gasteiger charge is -2.27. The number of nitrogens with one attached hydrogen (secondary N) is 1. The summed E-state index contributed by atoms with van der Waals surface area (Å²) in [6.07, 6.45) is 3.68. The maximum Gasteiger partial charge on any atom is 0.287 e. The van der Waals surface area contributed by atoms with Crippen molar-refractivity contribution in [2.45, 2.75) is 38.3 Å². The molecular formula is C19H26N2O3. The van der Waals surface area contributed by atoms with Crippen molar-refractivity contribution in [1.82, 2.24) is 10.2 Å². The van der Waals surface area contributed by atoms with E-state index in [1.165, 1.54) is 0 Å². The first kappa shape index (κ1) is 17.0. The average molecular weight is 330 g/mol. The number of rotatable bonds is 5. The number of carbonyl (C=O) groups excluding carboxylic acids is 1. The molecule has 5 nitrogen and oxygen atoms in total. The molecule has 0 aliphatic heterocycles. The van der Waals surface area contributed by atoms with E-state index >= 15 is 0 Å². The van der Waals surface area contributed by atoms with Crippen molar-refractivity contribution in [2.24, 2.45) is 5.92 Å². The van der Waals surface area contributed by atoms with E-state index in [0.717, 1.165) is 42.2 Å². The molecule has 1 aliphatic rings. The van der Waals surface area contributed by atoms with Gasteiger partial charge in [-0.05, 0) is 33.0 Å². The summed E-state index contributed by atoms with van der Waals surface area (Å²) < 4.78 is 5.83. The number of aliphatic hydroxyl groups excluding tert-OH is 1. The molecule has 0 bridgehead atoms. The molecule has 0 spiro atoms. The number of carbonyl (C=O) groups is 1. The van der Waals surface area contributed by atoms with Crippen molar-refractivity contribution in [3.63, 3.8) is 0 Å². The lowest BCUT2D eigenvalue weighted by Crippen LogP contribution is -2.36. The summed E-state index contributed by atoms with van der Waals surface area (Å²) in [5, 5.41) is 14.0. The van der Waals surface area contributed by atoms with E-state index in [1.54, 1.807) is 0 Å². The fourth-order valence-electron chi connectivity index (χ4n) is 3.49. The Bertz CT molecular complexity index is 708. The van der Waals surface area contributed by atoms with Crippen LogP contribution in [0.4, 0.5) is 0 Å². The van der Waals surface area contributed by atoms with Gasteiger partial charge in [-0.1, -0.05) is 31.0 Å². The quantitative estimate of drug-likeness (QED) is 0.885. The van der Waals surface area contributed by atoms with Gasteiger partial charge in [-0.3, -0.25) is 4.79 Å². The SMILES string of the molecule is CN(C)Cc1c(C(=O)NC[C@@H]2CCCC[C@H]2O)oc2ccccc12. The van der Waals surface area contributed by atoms with Crippen LogP contribution in [0.2, 0.25) is 0 Å². The van der Waals surface area contributed by atoms with Gasteiger partial charge < -0.3 is 19.7 Å². The molecule has 5 heteroatoms. The Morgan fingerprint density at radius 1 is 1.29 bits per heavy atom. The highest BCUT2D eigenvalue weighted by Crippen LogP contribution is 2.27. The second kappa shape index (κ2) is 7.36. The van der Waals surface area contributed by atoms with Crippen molar-refractivity contribution < 1.29 is 14.3 Å². The van der Waals surface area contributed by atoms with Gasteiger partial charge in [0.25, 0.3) is 5.91 Å². The van der Waals surface area contributed by atoms with E-state index in [0.29, 0.717) is 18.8 Å². The van der Waals surface area contributed by atoms with Crippen molar-refractivity contribution >= 4 is 16.9 Å². The van der Waals surface area contributed by atoms with E-state index in [9.17, 15) is 9.90 Å². The Morgan fingerprint density at radius 3 is 2.79 bits per heavy atom. The Kier molecular flexibility index (Phi) is 5.21. The summed E-state index contributed by atoms with van der Waals surface area (Å²) in [5.41, 5.74) is 1.65. The van der Waals surface area contributed by atoms with Crippen LogP contribution in [0, 0.1) is 5.92 Å². The minimum Gasteiger partial charge on any atom is -0.451 e. The van der Waals surface area contributed by atoms with Crippen molar-refractivity contribution in [3.05, 3.63) is 35.6 Å². The molecule has 1 fully saturated rings. The number of hydrogen-bond donors (Lipinski definition) is 2. The van der Waals surface area contributed by atoms with Gasteiger partial charge in [-0.25, -0.2) is 0 Å². The molecule has 24 heavy (non-hydrogen) atoms. The molecule has 2 atom stereocenters. The molecular weight excluding hydrogens is 304 g/mol. The number of hydrogen-bond acceptors (Lipinski definition) is 4. The molecule has 2 aromatic rings. The first-order chi connectivity index (χ1) is 11.6. The minimum absolute atomic E-state index is 0.143. The number of nitrogens with zero attached hydrogens (tertiary/aromatic N) is 1. The largest absolute Gasteiger partial charge is 0.451 e. The van der Waals surface area contributed by atoms with Gasteiger partial charge >= 0.3 is 0 Å². The van der Waals surface area contributed by atoms with Crippen LogP contribution in [-0.2, 0) is 6.54 Å². The van der Waals surface area contributed by atoms with Gasteiger partial charge in [-0.2, -0.15) is 0 Å². The van der Waals surface area contributed by atoms with Crippen LogP contribution in [-0.4, -0.2) is 42.7 Å². The van der Waals surface area contributed by atoms with Crippen LogP contribution in [0.25, 0.3) is 11.0 Å². The zero-order chi connectivity index (χ0) is 17.1. The van der Waals surface area contributed by atoms with Crippen LogP contribution >= 0.6 is 0 Å². The number of aliphatic hydroxyl groups is 1. The van der Waals surface area contributed by atoms with E-state index in [-0.39, 0.29) is 17.9 Å². The van der Waals surface area contributed by atoms with Gasteiger partial charge in [0.05, 0.1) is 6.10 Å². The molecule has 1 aromatic heterocycles. The van der Waals surface area contributed by atoms with Gasteiger partial charge in [0.15, 0.2) is 5.76 Å². The second-order valence-corrected chi connectivity index (χ2v) is 6.97. The van der Waals surface area contributed by atoms with Gasteiger partial charge in [0, 0.05) is 30.0 Å². The summed E-state index contributed by atoms with van der Waals surface area (Å²) >= 11 is 0. The predicted molar refractivity (Wildman–Crippen MR) is 93.9 cm³/mol. The van der Waals surface area contributed by atoms with Crippen molar-refractivity contribution in [3.8, 4) is 0 Å². The number of para-hydroxylation sites is 1. The first-order valence-electron chi connectivity index (χ1n) is 8.67. The molecule has 1 heterocycles. The van der Waals surface area contributed by atoms with Gasteiger partial charge in [-0.15, -0.1) is 0 Å². The second-order valence-electron chi connectivity index (χ2n) is 6.97. The third-order valence-electron chi connectivity index (χ3n) is 4.77. The Labute approximate surface area is 142 Å². The molecule has 1 saturated carbocycles.